The smallest absolute Gasteiger partial charge is 0.326 e. The number of hydrogen-bond acceptors (Lipinski definition) is 4. The molecule has 8 nitrogen and oxygen atoms in total. The van der Waals surface area contributed by atoms with Crippen molar-refractivity contribution < 1.29 is 4.79 Å². The van der Waals surface area contributed by atoms with Gasteiger partial charge in [0.15, 0.2) is 0 Å². The normalized spacial score (nSPS) is 19.9. The van der Waals surface area contributed by atoms with Crippen LogP contribution in [0.15, 0.2) is 35.4 Å². The van der Waals surface area contributed by atoms with Crippen molar-refractivity contribution in [1.82, 2.24) is 29.3 Å². The predicted molar refractivity (Wildman–Crippen MR) is 117 cm³/mol. The number of rotatable bonds is 3. The monoisotopic (exact) mass is 430 g/mol. The molecule has 2 fully saturated rings. The van der Waals surface area contributed by atoms with Gasteiger partial charge in [-0.15, -0.1) is 12.4 Å². The Kier molecular flexibility index (Phi) is 5.71. The van der Waals surface area contributed by atoms with E-state index in [9.17, 15) is 9.59 Å². The number of aromatic amines is 1. The van der Waals surface area contributed by atoms with Crippen LogP contribution in [-0.4, -0.2) is 49.5 Å². The summed E-state index contributed by atoms with van der Waals surface area (Å²) in [5.41, 5.74) is 2.14. The number of carbonyl (C=O) groups is 1. The van der Waals surface area contributed by atoms with Gasteiger partial charge in [-0.1, -0.05) is 12.8 Å². The van der Waals surface area contributed by atoms with E-state index in [1.807, 2.05) is 45.5 Å². The largest absolute Gasteiger partial charge is 0.336 e. The van der Waals surface area contributed by atoms with Crippen LogP contribution >= 0.6 is 12.4 Å². The van der Waals surface area contributed by atoms with E-state index in [1.165, 1.54) is 0 Å². The summed E-state index contributed by atoms with van der Waals surface area (Å²) in [5, 5.41) is 3.36. The topological polar surface area (TPSA) is 88.0 Å². The number of H-pyrrole nitrogens is 1. The fraction of sp³-hybridized carbons (Fsp3) is 0.476. The van der Waals surface area contributed by atoms with Crippen LogP contribution in [0.1, 0.15) is 53.9 Å². The van der Waals surface area contributed by atoms with Crippen molar-refractivity contribution in [2.24, 2.45) is 7.05 Å². The van der Waals surface area contributed by atoms with Crippen LogP contribution in [-0.2, 0) is 7.05 Å². The molecule has 3 aromatic rings. The fourth-order valence-electron chi connectivity index (χ4n) is 4.83. The number of carbonyl (C=O) groups excluding carboxylic acids is 1. The minimum absolute atomic E-state index is 0. The Hall–Kier alpha value is -2.58. The highest BCUT2D eigenvalue weighted by Gasteiger charge is 2.31. The molecule has 1 saturated carbocycles. The first kappa shape index (κ1) is 20.7. The maximum atomic E-state index is 13.4. The Bertz CT molecular complexity index is 1110. The van der Waals surface area contributed by atoms with Gasteiger partial charge in [-0.25, -0.2) is 9.78 Å². The van der Waals surface area contributed by atoms with Crippen molar-refractivity contribution in [2.75, 3.05) is 19.6 Å². The molecule has 1 atom stereocenters. The lowest BCUT2D eigenvalue weighted by atomic mass is 10.1. The summed E-state index contributed by atoms with van der Waals surface area (Å²) < 4.78 is 3.83. The Morgan fingerprint density at radius 1 is 1.23 bits per heavy atom. The van der Waals surface area contributed by atoms with Crippen LogP contribution in [0.25, 0.3) is 11.0 Å². The second-order valence-corrected chi connectivity index (χ2v) is 8.09. The molecule has 1 amide bonds. The van der Waals surface area contributed by atoms with Crippen molar-refractivity contribution in [3.63, 3.8) is 0 Å². The first-order valence-corrected chi connectivity index (χ1v) is 10.4. The van der Waals surface area contributed by atoms with E-state index in [2.05, 4.69) is 15.3 Å². The minimum Gasteiger partial charge on any atom is -0.336 e. The third-order valence-electron chi connectivity index (χ3n) is 6.31. The summed E-state index contributed by atoms with van der Waals surface area (Å²) in [6.07, 6.45) is 8.07. The van der Waals surface area contributed by atoms with Crippen LogP contribution in [0.3, 0.4) is 0 Å². The van der Waals surface area contributed by atoms with Crippen molar-refractivity contribution >= 4 is 29.3 Å². The standard InChI is InChI=1S/C21H26N6O2.ClH/c1-25-10-9-23-19(25)18-13-22-8-11-26(18)20(28)14-6-7-17-16(12-14)24-21(29)27(17)15-4-2-3-5-15;/h6-7,9-10,12,15,18,22H,2-5,8,11,13H2,1H3,(H,24,29);1H. The summed E-state index contributed by atoms with van der Waals surface area (Å²) in [7, 11) is 1.95. The Labute approximate surface area is 180 Å². The number of halogens is 1. The quantitative estimate of drug-likeness (QED) is 0.667. The van der Waals surface area contributed by atoms with Crippen LogP contribution < -0.4 is 11.0 Å². The van der Waals surface area contributed by atoms with Crippen LogP contribution in [0, 0.1) is 0 Å². The average Bonchev–Trinajstić information content (AvgIpc) is 3.46. The Morgan fingerprint density at radius 2 is 2.03 bits per heavy atom. The van der Waals surface area contributed by atoms with Crippen molar-refractivity contribution in [3.8, 4) is 0 Å². The second-order valence-electron chi connectivity index (χ2n) is 8.09. The zero-order valence-corrected chi connectivity index (χ0v) is 17.8. The molecule has 0 bridgehead atoms. The highest BCUT2D eigenvalue weighted by atomic mass is 35.5. The van der Waals surface area contributed by atoms with Gasteiger partial charge >= 0.3 is 5.69 Å². The second kappa shape index (κ2) is 8.28. The minimum atomic E-state index is -0.117. The summed E-state index contributed by atoms with van der Waals surface area (Å²) in [4.78, 5) is 35.2. The summed E-state index contributed by atoms with van der Waals surface area (Å²) in [6.45, 7) is 2.05. The molecule has 30 heavy (non-hydrogen) atoms. The highest BCUT2D eigenvalue weighted by Crippen LogP contribution is 2.31. The number of nitrogens with one attached hydrogen (secondary N) is 2. The number of fused-ring (bicyclic) bond motifs is 1. The van der Waals surface area contributed by atoms with Gasteiger partial charge in [-0.3, -0.25) is 9.36 Å². The van der Waals surface area contributed by atoms with E-state index >= 15 is 0 Å². The van der Waals surface area contributed by atoms with E-state index < -0.39 is 0 Å². The summed E-state index contributed by atoms with van der Waals surface area (Å²) in [5.74, 6) is 0.836. The molecular formula is C21H27ClN6O2. The first-order valence-electron chi connectivity index (χ1n) is 10.4. The molecule has 9 heteroatoms. The van der Waals surface area contributed by atoms with Crippen LogP contribution in [0.2, 0.25) is 0 Å². The van der Waals surface area contributed by atoms with Gasteiger partial charge in [0.2, 0.25) is 0 Å². The van der Waals surface area contributed by atoms with Crippen molar-refractivity contribution in [1.29, 1.82) is 0 Å². The summed E-state index contributed by atoms with van der Waals surface area (Å²) >= 11 is 0. The maximum Gasteiger partial charge on any atom is 0.326 e. The molecule has 160 valence electrons. The lowest BCUT2D eigenvalue weighted by Crippen LogP contribution is -2.49. The number of aromatic nitrogens is 4. The number of hydrogen-bond donors (Lipinski definition) is 2. The maximum absolute atomic E-state index is 13.4. The number of benzene rings is 1. The molecule has 1 unspecified atom stereocenters. The van der Waals surface area contributed by atoms with Gasteiger partial charge in [-0.2, -0.15) is 0 Å². The molecule has 5 rings (SSSR count). The van der Waals surface area contributed by atoms with E-state index in [0.717, 1.165) is 49.1 Å². The highest BCUT2D eigenvalue weighted by molar-refractivity contribution is 5.97. The summed E-state index contributed by atoms with van der Waals surface area (Å²) in [6, 6.07) is 5.73. The van der Waals surface area contributed by atoms with Gasteiger partial charge in [0.05, 0.1) is 11.0 Å². The van der Waals surface area contributed by atoms with Crippen molar-refractivity contribution in [3.05, 3.63) is 52.5 Å². The molecule has 1 aromatic carbocycles. The third kappa shape index (κ3) is 3.44. The van der Waals surface area contributed by atoms with Crippen molar-refractivity contribution in [2.45, 2.75) is 37.8 Å². The Balaban J connectivity index is 0.00000218. The van der Waals surface area contributed by atoms with Gasteiger partial charge < -0.3 is 19.8 Å². The Morgan fingerprint density at radius 3 is 2.77 bits per heavy atom. The molecule has 0 spiro atoms. The molecule has 1 aliphatic carbocycles. The number of amides is 1. The van der Waals surface area contributed by atoms with E-state index in [-0.39, 0.29) is 36.1 Å². The third-order valence-corrected chi connectivity index (χ3v) is 6.31. The van der Waals surface area contributed by atoms with Crippen LogP contribution in [0.5, 0.6) is 0 Å². The zero-order chi connectivity index (χ0) is 20.0. The lowest BCUT2D eigenvalue weighted by molar-refractivity contribution is 0.0621. The van der Waals surface area contributed by atoms with Crippen LogP contribution in [0.4, 0.5) is 0 Å². The van der Waals surface area contributed by atoms with E-state index in [4.69, 9.17) is 0 Å². The molecule has 2 aliphatic rings. The predicted octanol–water partition coefficient (Wildman–Crippen LogP) is 2.39. The molecular weight excluding hydrogens is 404 g/mol. The SMILES string of the molecule is Cl.Cn1ccnc1C1CNCCN1C(=O)c1ccc2c(c1)[nH]c(=O)n2C1CCCC1. The molecule has 2 aromatic heterocycles. The number of aryl methyl sites for hydroxylation is 1. The van der Waals surface area contributed by atoms with Gasteiger partial charge in [0.1, 0.15) is 11.9 Å². The number of imidazole rings is 2. The number of nitrogens with zero attached hydrogens (tertiary/aromatic N) is 4. The molecule has 2 N–H and O–H groups in total. The number of piperazine rings is 1. The van der Waals surface area contributed by atoms with Gasteiger partial charge in [-0.05, 0) is 31.0 Å². The molecule has 1 saturated heterocycles. The molecule has 3 heterocycles. The zero-order valence-electron chi connectivity index (χ0n) is 17.0. The molecule has 1 aliphatic heterocycles. The van der Waals surface area contributed by atoms with E-state index in [1.54, 1.807) is 6.20 Å². The fourth-order valence-corrected chi connectivity index (χ4v) is 4.83. The van der Waals surface area contributed by atoms with E-state index in [0.29, 0.717) is 18.7 Å². The van der Waals surface area contributed by atoms with Gasteiger partial charge in [0, 0.05) is 50.7 Å². The average molecular weight is 431 g/mol. The lowest BCUT2D eigenvalue weighted by Gasteiger charge is -2.35. The molecule has 0 radical (unpaired) electrons. The van der Waals surface area contributed by atoms with Gasteiger partial charge in [0.25, 0.3) is 5.91 Å². The first-order chi connectivity index (χ1) is 14.1.